The van der Waals surface area contributed by atoms with Crippen LogP contribution in [0, 0.1) is 0 Å². The van der Waals surface area contributed by atoms with Gasteiger partial charge in [-0.05, 0) is 13.0 Å². The second-order valence-electron chi connectivity index (χ2n) is 3.13. The Labute approximate surface area is 87.6 Å². The van der Waals surface area contributed by atoms with E-state index in [1.807, 2.05) is 0 Å². The van der Waals surface area contributed by atoms with Gasteiger partial charge in [-0.15, -0.1) is 0 Å². The van der Waals surface area contributed by atoms with Crippen molar-refractivity contribution in [3.63, 3.8) is 0 Å². The Hall–Kier alpha value is -1.34. The number of nitrogens with zero attached hydrogens (tertiary/aromatic N) is 1. The van der Waals surface area contributed by atoms with E-state index in [2.05, 4.69) is 0 Å². The highest BCUT2D eigenvalue weighted by Gasteiger charge is 2.28. The van der Waals surface area contributed by atoms with Crippen molar-refractivity contribution in [2.75, 3.05) is 26.7 Å². The van der Waals surface area contributed by atoms with E-state index < -0.39 is 19.1 Å². The zero-order valence-corrected chi connectivity index (χ0v) is 8.38. The molecule has 1 saturated heterocycles. The summed E-state index contributed by atoms with van der Waals surface area (Å²) in [6, 6.07) is 0. The maximum absolute atomic E-state index is 11.2. The van der Waals surface area contributed by atoms with Gasteiger partial charge in [0.05, 0.1) is 19.7 Å². The number of carbonyl (C=O) groups excluding carboxylic acids is 2. The summed E-state index contributed by atoms with van der Waals surface area (Å²) in [7, 11) is 0.581. The maximum atomic E-state index is 11.2. The summed E-state index contributed by atoms with van der Waals surface area (Å²) in [4.78, 5) is 23.8. The number of rotatable bonds is 2. The summed E-state index contributed by atoms with van der Waals surface area (Å²) in [5.74, 6) is 0.372. The predicted octanol–water partition coefficient (Wildman–Crippen LogP) is -1.41. The third-order valence-electron chi connectivity index (χ3n) is 1.69. The number of hydrogen-bond acceptors (Lipinski definition) is 6. The van der Waals surface area contributed by atoms with E-state index in [4.69, 9.17) is 14.4 Å². The quantitative estimate of drug-likeness (QED) is 0.568. The smallest absolute Gasteiger partial charge is 0.495 e. The minimum Gasteiger partial charge on any atom is -0.495 e. The van der Waals surface area contributed by atoms with Gasteiger partial charge >= 0.3 is 19.1 Å². The third kappa shape index (κ3) is 4.13. The van der Waals surface area contributed by atoms with Gasteiger partial charge in [-0.1, -0.05) is 6.08 Å². The van der Waals surface area contributed by atoms with Crippen molar-refractivity contribution in [1.82, 2.24) is 4.90 Å². The van der Waals surface area contributed by atoms with Crippen molar-refractivity contribution in [1.29, 1.82) is 0 Å². The normalized spacial score (nSPS) is 19.7. The van der Waals surface area contributed by atoms with Gasteiger partial charge in [0.2, 0.25) is 0 Å². The van der Waals surface area contributed by atoms with Crippen LogP contribution in [0.15, 0.2) is 12.1 Å². The minimum absolute atomic E-state index is 0.0402. The largest absolute Gasteiger partial charge is 0.628 e. The molecule has 1 heterocycles. The predicted molar refractivity (Wildman–Crippen MR) is 51.7 cm³/mol. The maximum Gasteiger partial charge on any atom is 0.628 e. The lowest BCUT2D eigenvalue weighted by Crippen LogP contribution is -2.41. The monoisotopic (exact) mass is 213 g/mol. The molecule has 1 fully saturated rings. The Kier molecular flexibility index (Phi) is 4.32. The van der Waals surface area contributed by atoms with Crippen LogP contribution in [0.4, 0.5) is 0 Å². The Morgan fingerprint density at radius 2 is 1.93 bits per heavy atom. The number of aliphatic hydroxyl groups excluding tert-OH is 1. The molecule has 6 nitrogen and oxygen atoms in total. The molecule has 1 aliphatic heterocycles. The first kappa shape index (κ1) is 11.7. The number of carbonyl (C=O) groups is 2. The molecular weight excluding hydrogens is 201 g/mol. The fraction of sp³-hybridized carbons (Fsp3) is 0.500. The molecule has 0 aliphatic carbocycles. The van der Waals surface area contributed by atoms with Crippen molar-refractivity contribution in [3.8, 4) is 0 Å². The van der Waals surface area contributed by atoms with E-state index >= 15 is 0 Å². The van der Waals surface area contributed by atoms with Gasteiger partial charge < -0.3 is 14.4 Å². The molecular formula is C8H12BNO5. The highest BCUT2D eigenvalue weighted by Crippen LogP contribution is 2.00. The lowest BCUT2D eigenvalue weighted by Gasteiger charge is -2.21. The summed E-state index contributed by atoms with van der Waals surface area (Å²) in [5, 5.41) is 8.52. The van der Waals surface area contributed by atoms with E-state index in [-0.39, 0.29) is 19.7 Å². The third-order valence-corrected chi connectivity index (χ3v) is 1.69. The second kappa shape index (κ2) is 5.52. The van der Waals surface area contributed by atoms with Crippen LogP contribution in [-0.4, -0.2) is 55.8 Å². The van der Waals surface area contributed by atoms with Gasteiger partial charge in [-0.2, -0.15) is 0 Å². The Morgan fingerprint density at radius 1 is 1.40 bits per heavy atom. The molecule has 0 spiro atoms. The zero-order valence-electron chi connectivity index (χ0n) is 8.38. The molecule has 0 aromatic carbocycles. The number of aliphatic hydroxyl groups is 1. The molecule has 0 saturated carbocycles. The summed E-state index contributed by atoms with van der Waals surface area (Å²) in [6.07, 6.45) is 1.34. The van der Waals surface area contributed by atoms with Gasteiger partial charge in [-0.25, -0.2) is 0 Å². The summed E-state index contributed by atoms with van der Waals surface area (Å²) in [5.41, 5.74) is 0. The molecule has 0 aromatic rings. The highest BCUT2D eigenvalue weighted by molar-refractivity contribution is 6.54. The topological polar surface area (TPSA) is 76.1 Å². The first-order valence-corrected chi connectivity index (χ1v) is 4.47. The molecule has 0 amide bonds. The van der Waals surface area contributed by atoms with E-state index in [0.29, 0.717) is 0 Å². The van der Waals surface area contributed by atoms with Gasteiger partial charge in [0.25, 0.3) is 0 Å². The molecule has 15 heavy (non-hydrogen) atoms. The van der Waals surface area contributed by atoms with Gasteiger partial charge in [0, 0.05) is 0 Å². The van der Waals surface area contributed by atoms with Crippen LogP contribution in [-0.2, 0) is 18.9 Å². The zero-order chi connectivity index (χ0) is 11.3. The Bertz CT molecular complexity index is 260. The summed E-state index contributed by atoms with van der Waals surface area (Å²) in [6.45, 7) is -0.122. The fourth-order valence-electron chi connectivity index (χ4n) is 1.10. The van der Waals surface area contributed by atoms with Crippen LogP contribution in [0.25, 0.3) is 0 Å². The molecule has 1 N–H and O–H groups in total. The van der Waals surface area contributed by atoms with E-state index in [1.165, 1.54) is 17.0 Å². The molecule has 0 aromatic heterocycles. The first-order valence-electron chi connectivity index (χ1n) is 4.47. The van der Waals surface area contributed by atoms with E-state index in [1.54, 1.807) is 7.05 Å². The van der Waals surface area contributed by atoms with Crippen LogP contribution >= 0.6 is 0 Å². The average Bonchev–Trinajstić information content (AvgIpc) is 2.11. The van der Waals surface area contributed by atoms with Crippen molar-refractivity contribution in [2.45, 2.75) is 0 Å². The van der Waals surface area contributed by atoms with Gasteiger partial charge in [-0.3, -0.25) is 14.5 Å². The van der Waals surface area contributed by atoms with Gasteiger partial charge in [0.1, 0.15) is 0 Å². The van der Waals surface area contributed by atoms with E-state index in [0.717, 1.165) is 0 Å². The van der Waals surface area contributed by atoms with Crippen molar-refractivity contribution in [2.24, 2.45) is 0 Å². The lowest BCUT2D eigenvalue weighted by atomic mass is 9.89. The molecule has 1 rings (SSSR count). The van der Waals surface area contributed by atoms with E-state index in [9.17, 15) is 9.59 Å². The average molecular weight is 213 g/mol. The summed E-state index contributed by atoms with van der Waals surface area (Å²) >= 11 is 0. The number of likely N-dealkylation sites (N-methyl/N-ethyl adjacent to an activating group) is 1. The lowest BCUT2D eigenvalue weighted by molar-refractivity contribution is -0.145. The summed E-state index contributed by atoms with van der Waals surface area (Å²) < 4.78 is 9.63. The van der Waals surface area contributed by atoms with Crippen molar-refractivity contribution < 1.29 is 24.0 Å². The molecule has 1 aliphatic rings. The molecule has 0 unspecified atom stereocenters. The van der Waals surface area contributed by atoms with Crippen LogP contribution in [0.2, 0.25) is 0 Å². The van der Waals surface area contributed by atoms with Crippen LogP contribution in [0.1, 0.15) is 0 Å². The number of hydrogen-bond donors (Lipinski definition) is 1. The molecule has 7 heteroatoms. The SMILES string of the molecule is CN1CC(=O)OB(/C=C/CO)OC(=O)C1. The molecule has 0 atom stereocenters. The highest BCUT2D eigenvalue weighted by atomic mass is 16.6. The molecule has 0 bridgehead atoms. The van der Waals surface area contributed by atoms with Crippen LogP contribution in [0.5, 0.6) is 0 Å². The van der Waals surface area contributed by atoms with Crippen LogP contribution in [0.3, 0.4) is 0 Å². The molecule has 0 radical (unpaired) electrons. The minimum atomic E-state index is -1.04. The molecule has 82 valence electrons. The van der Waals surface area contributed by atoms with Crippen molar-refractivity contribution >= 4 is 19.1 Å². The second-order valence-corrected chi connectivity index (χ2v) is 3.13. The fourth-order valence-corrected chi connectivity index (χ4v) is 1.10. The standard InChI is InChI=1S/C8H12BNO5/c1-10-5-7(12)14-9(3-2-4-11)15-8(13)6-10/h2-3,11H,4-6H2,1H3/b3-2+. The Morgan fingerprint density at radius 3 is 2.40 bits per heavy atom. The first-order chi connectivity index (χ1) is 7.11. The Balaban J connectivity index is 2.61. The van der Waals surface area contributed by atoms with Crippen molar-refractivity contribution in [3.05, 3.63) is 12.1 Å². The van der Waals surface area contributed by atoms with Gasteiger partial charge in [0.15, 0.2) is 0 Å². The van der Waals surface area contributed by atoms with Crippen LogP contribution < -0.4 is 0 Å².